The third-order valence-corrected chi connectivity index (χ3v) is 3.55. The highest BCUT2D eigenvalue weighted by molar-refractivity contribution is 5.10. The minimum Gasteiger partial charge on any atom is -0.326 e. The fourth-order valence-corrected chi connectivity index (χ4v) is 2.19. The Kier molecular flexibility index (Phi) is 5.99. The molecule has 2 aliphatic rings. The third kappa shape index (κ3) is 3.46. The summed E-state index contributed by atoms with van der Waals surface area (Å²) in [6.45, 7) is 17.2. The van der Waals surface area contributed by atoms with Gasteiger partial charge in [-0.15, -0.1) is 0 Å². The first-order chi connectivity index (χ1) is 7.44. The first kappa shape index (κ1) is 15.9. The molecule has 1 saturated heterocycles. The molecule has 16 heavy (non-hydrogen) atoms. The Labute approximate surface area is 104 Å². The van der Waals surface area contributed by atoms with Gasteiger partial charge in [-0.2, -0.15) is 0 Å². The van der Waals surface area contributed by atoms with Crippen LogP contribution in [0.15, 0.2) is 0 Å². The average Bonchev–Trinajstić information content (AvgIpc) is 2.94. The van der Waals surface area contributed by atoms with Gasteiger partial charge >= 0.3 is 0 Å². The molecule has 2 nitrogen and oxygen atoms in total. The fourth-order valence-electron chi connectivity index (χ4n) is 2.19. The lowest BCUT2D eigenvalue weighted by molar-refractivity contribution is 0.165. The maximum atomic E-state index is 6.12. The molecule has 0 aromatic heterocycles. The van der Waals surface area contributed by atoms with Gasteiger partial charge < -0.3 is 5.73 Å². The summed E-state index contributed by atoms with van der Waals surface area (Å²) < 4.78 is 0. The second-order valence-corrected chi connectivity index (χ2v) is 5.52. The van der Waals surface area contributed by atoms with E-state index in [1.807, 2.05) is 27.7 Å². The van der Waals surface area contributed by atoms with Crippen LogP contribution in [0.4, 0.5) is 0 Å². The second-order valence-electron chi connectivity index (χ2n) is 5.52. The van der Waals surface area contributed by atoms with Gasteiger partial charge in [-0.1, -0.05) is 27.7 Å². The summed E-state index contributed by atoms with van der Waals surface area (Å²) in [4.78, 5) is 2.53. The van der Waals surface area contributed by atoms with Gasteiger partial charge in [0.25, 0.3) is 0 Å². The number of rotatable bonds is 0. The summed E-state index contributed by atoms with van der Waals surface area (Å²) in [7, 11) is 0. The van der Waals surface area contributed by atoms with E-state index in [0.717, 1.165) is 6.54 Å². The van der Waals surface area contributed by atoms with E-state index in [1.165, 1.54) is 19.4 Å². The molecule has 1 saturated carbocycles. The van der Waals surface area contributed by atoms with Gasteiger partial charge in [-0.05, 0) is 39.0 Å². The number of hydrogen-bond acceptors (Lipinski definition) is 2. The minimum atomic E-state index is 0. The molecular formula is C14H34N2. The number of nitrogens with two attached hydrogens (primary N) is 1. The van der Waals surface area contributed by atoms with E-state index in [4.69, 9.17) is 5.73 Å². The zero-order valence-electron chi connectivity index (χ0n) is 12.4. The molecule has 2 heteroatoms. The Morgan fingerprint density at radius 3 is 1.75 bits per heavy atom. The molecule has 0 bridgehead atoms. The van der Waals surface area contributed by atoms with Crippen molar-refractivity contribution in [2.75, 3.05) is 13.1 Å². The lowest BCUT2D eigenvalue weighted by Gasteiger charge is -2.31. The van der Waals surface area contributed by atoms with E-state index >= 15 is 0 Å². The molecule has 1 heterocycles. The first-order valence-electron chi connectivity index (χ1n) is 6.95. The van der Waals surface area contributed by atoms with Crippen molar-refractivity contribution in [1.82, 2.24) is 4.90 Å². The molecule has 0 aromatic carbocycles. The van der Waals surface area contributed by atoms with E-state index in [9.17, 15) is 0 Å². The topological polar surface area (TPSA) is 29.3 Å². The quantitative estimate of drug-likeness (QED) is 0.690. The van der Waals surface area contributed by atoms with Crippen molar-refractivity contribution in [2.45, 2.75) is 72.9 Å². The molecule has 1 aliphatic carbocycles. The van der Waals surface area contributed by atoms with Crippen LogP contribution in [0.2, 0.25) is 0 Å². The van der Waals surface area contributed by atoms with Gasteiger partial charge in [0, 0.05) is 26.1 Å². The maximum Gasteiger partial charge on any atom is 0.0237 e. The predicted octanol–water partition coefficient (Wildman–Crippen LogP) is 3.51. The van der Waals surface area contributed by atoms with Gasteiger partial charge in [-0.3, -0.25) is 4.90 Å². The third-order valence-electron chi connectivity index (χ3n) is 3.55. The molecule has 2 fully saturated rings. The average molecular weight is 230 g/mol. The van der Waals surface area contributed by atoms with Crippen LogP contribution in [0.25, 0.3) is 0 Å². The SMILES string of the molecule is CC.CC.CC(C)(C)N1CC(N)C2(CC2)C1.[HH]. The lowest BCUT2D eigenvalue weighted by Crippen LogP contribution is -2.40. The van der Waals surface area contributed by atoms with Crippen molar-refractivity contribution in [2.24, 2.45) is 11.1 Å². The summed E-state index contributed by atoms with van der Waals surface area (Å²) in [5.74, 6) is 0. The van der Waals surface area contributed by atoms with Gasteiger partial charge in [0.05, 0.1) is 0 Å². The largest absolute Gasteiger partial charge is 0.326 e. The molecule has 0 amide bonds. The van der Waals surface area contributed by atoms with Crippen LogP contribution in [0.1, 0.15) is 62.7 Å². The lowest BCUT2D eigenvalue weighted by atomic mass is 10.0. The maximum absolute atomic E-state index is 6.12. The Morgan fingerprint density at radius 2 is 1.56 bits per heavy atom. The molecule has 0 radical (unpaired) electrons. The van der Waals surface area contributed by atoms with Gasteiger partial charge in [0.2, 0.25) is 0 Å². The van der Waals surface area contributed by atoms with Gasteiger partial charge in [-0.25, -0.2) is 0 Å². The standard InChI is InChI=1S/C10H20N2.2C2H6.H2/c1-9(2,3)12-6-8(11)10(7-12)4-5-10;2*1-2;/h8H,4-7,11H2,1-3H3;2*1-2H3;1H. The molecule has 1 spiro atoms. The highest BCUT2D eigenvalue weighted by Crippen LogP contribution is 2.53. The van der Waals surface area contributed by atoms with Gasteiger partial charge in [0.15, 0.2) is 0 Å². The van der Waals surface area contributed by atoms with Crippen LogP contribution < -0.4 is 5.73 Å². The molecule has 2 rings (SSSR count). The highest BCUT2D eigenvalue weighted by atomic mass is 15.2. The van der Waals surface area contributed by atoms with E-state index in [-0.39, 0.29) is 1.43 Å². The fraction of sp³-hybridized carbons (Fsp3) is 1.00. The van der Waals surface area contributed by atoms with E-state index in [2.05, 4.69) is 25.7 Å². The Hall–Kier alpha value is -0.0800. The normalized spacial score (nSPS) is 26.6. The summed E-state index contributed by atoms with van der Waals surface area (Å²) in [6, 6.07) is 0.441. The molecule has 2 N–H and O–H groups in total. The zero-order chi connectivity index (χ0) is 13.0. The molecular weight excluding hydrogens is 196 g/mol. The summed E-state index contributed by atoms with van der Waals surface area (Å²) >= 11 is 0. The molecule has 1 unspecified atom stereocenters. The minimum absolute atomic E-state index is 0. The van der Waals surface area contributed by atoms with Gasteiger partial charge in [0.1, 0.15) is 0 Å². The summed E-state index contributed by atoms with van der Waals surface area (Å²) in [5, 5.41) is 0. The van der Waals surface area contributed by atoms with Crippen molar-refractivity contribution in [3.8, 4) is 0 Å². The molecule has 0 aromatic rings. The van der Waals surface area contributed by atoms with Crippen molar-refractivity contribution < 1.29 is 1.43 Å². The van der Waals surface area contributed by atoms with Crippen LogP contribution in [0.5, 0.6) is 0 Å². The molecule has 1 atom stereocenters. The first-order valence-corrected chi connectivity index (χ1v) is 6.95. The summed E-state index contributed by atoms with van der Waals surface area (Å²) in [5.41, 5.74) is 6.96. The number of hydrogen-bond donors (Lipinski definition) is 1. The Morgan fingerprint density at radius 1 is 1.12 bits per heavy atom. The van der Waals surface area contributed by atoms with Crippen molar-refractivity contribution in [3.63, 3.8) is 0 Å². The van der Waals surface area contributed by atoms with Crippen LogP contribution in [0, 0.1) is 5.41 Å². The van der Waals surface area contributed by atoms with Crippen LogP contribution in [-0.4, -0.2) is 29.6 Å². The predicted molar refractivity (Wildman–Crippen MR) is 75.8 cm³/mol. The highest BCUT2D eigenvalue weighted by Gasteiger charge is 2.54. The zero-order valence-corrected chi connectivity index (χ0v) is 12.4. The van der Waals surface area contributed by atoms with Crippen molar-refractivity contribution in [3.05, 3.63) is 0 Å². The van der Waals surface area contributed by atoms with Crippen LogP contribution in [0.3, 0.4) is 0 Å². The van der Waals surface area contributed by atoms with Crippen LogP contribution >= 0.6 is 0 Å². The van der Waals surface area contributed by atoms with Crippen LogP contribution in [-0.2, 0) is 0 Å². The van der Waals surface area contributed by atoms with E-state index < -0.39 is 0 Å². The molecule has 1 aliphatic heterocycles. The van der Waals surface area contributed by atoms with E-state index in [1.54, 1.807) is 0 Å². The Bertz CT molecular complexity index is 195. The summed E-state index contributed by atoms with van der Waals surface area (Å²) in [6.07, 6.45) is 2.72. The van der Waals surface area contributed by atoms with E-state index in [0.29, 0.717) is 17.0 Å². The molecule has 100 valence electrons. The monoisotopic (exact) mass is 230 g/mol. The second kappa shape index (κ2) is 6.02. The smallest absolute Gasteiger partial charge is 0.0237 e. The number of likely N-dealkylation sites (tertiary alicyclic amines) is 1. The Balaban J connectivity index is 0. The number of nitrogens with zero attached hydrogens (tertiary/aromatic N) is 1. The van der Waals surface area contributed by atoms with Crippen molar-refractivity contribution >= 4 is 0 Å². The van der Waals surface area contributed by atoms with Crippen molar-refractivity contribution in [1.29, 1.82) is 0 Å².